The summed E-state index contributed by atoms with van der Waals surface area (Å²) in [5.41, 5.74) is 0. The lowest BCUT2D eigenvalue weighted by Crippen LogP contribution is -2.46. The molecule has 18 heavy (non-hydrogen) atoms. The van der Waals surface area contributed by atoms with Crippen molar-refractivity contribution in [1.29, 1.82) is 0 Å². The Labute approximate surface area is 106 Å². The molecule has 0 radical (unpaired) electrons. The van der Waals surface area contributed by atoms with Crippen LogP contribution in [0, 0.1) is 0 Å². The molecule has 1 amide bonds. The van der Waals surface area contributed by atoms with Gasteiger partial charge in [-0.2, -0.15) is 0 Å². The predicted octanol–water partition coefficient (Wildman–Crippen LogP) is 0.536. The summed E-state index contributed by atoms with van der Waals surface area (Å²) in [4.78, 5) is 15.0. The Morgan fingerprint density at radius 3 is 2.50 bits per heavy atom. The lowest BCUT2D eigenvalue weighted by atomic mass is 10.0. The summed E-state index contributed by atoms with van der Waals surface area (Å²) in [5, 5.41) is 2.37. The van der Waals surface area contributed by atoms with E-state index in [0.29, 0.717) is 0 Å². The molecule has 2 aliphatic rings. The van der Waals surface area contributed by atoms with Crippen molar-refractivity contribution in [3.63, 3.8) is 0 Å². The number of nitrogens with zero attached hydrogens (tertiary/aromatic N) is 2. The largest absolute Gasteiger partial charge is 0.346 e. The van der Waals surface area contributed by atoms with Crippen LogP contribution in [-0.4, -0.2) is 66.9 Å². The van der Waals surface area contributed by atoms with Gasteiger partial charge in [0.15, 0.2) is 0 Å². The van der Waals surface area contributed by atoms with E-state index in [4.69, 9.17) is 0 Å². The fourth-order valence-electron chi connectivity index (χ4n) is 2.85. The molecule has 1 atom stereocenters. The lowest BCUT2D eigenvalue weighted by Gasteiger charge is -2.34. The van der Waals surface area contributed by atoms with Crippen LogP contribution in [0.4, 0.5) is 8.78 Å². The van der Waals surface area contributed by atoms with Gasteiger partial charge >= 0.3 is 0 Å². The molecule has 2 fully saturated rings. The van der Waals surface area contributed by atoms with Crippen LogP contribution in [0.1, 0.15) is 19.8 Å². The van der Waals surface area contributed by atoms with Crippen LogP contribution >= 0.6 is 0 Å². The molecule has 0 bridgehead atoms. The van der Waals surface area contributed by atoms with Crippen LogP contribution < -0.4 is 5.32 Å². The minimum absolute atomic E-state index is 0.228. The van der Waals surface area contributed by atoms with Gasteiger partial charge < -0.3 is 10.2 Å². The molecule has 104 valence electrons. The summed E-state index contributed by atoms with van der Waals surface area (Å²) in [6, 6.07) is -0.805. The standard InChI is InChI=1S/C12H21F2N3O/c1-9(18)15-11-7-17(8-12(11,13)14)10-3-5-16(2)6-4-10/h10-11H,3-8H2,1-2H3,(H,15,18). The maximum Gasteiger partial charge on any atom is 0.281 e. The number of hydrogen-bond acceptors (Lipinski definition) is 3. The Hall–Kier alpha value is -0.750. The van der Waals surface area contributed by atoms with E-state index in [2.05, 4.69) is 17.3 Å². The van der Waals surface area contributed by atoms with E-state index in [1.165, 1.54) is 6.92 Å². The number of alkyl halides is 2. The van der Waals surface area contributed by atoms with Gasteiger partial charge in [-0.3, -0.25) is 9.69 Å². The summed E-state index contributed by atoms with van der Waals surface area (Å²) in [6.07, 6.45) is 1.86. The Kier molecular flexibility index (Phi) is 3.87. The van der Waals surface area contributed by atoms with Gasteiger partial charge in [-0.05, 0) is 33.0 Å². The Morgan fingerprint density at radius 1 is 1.33 bits per heavy atom. The van der Waals surface area contributed by atoms with Gasteiger partial charge in [0.05, 0.1) is 6.54 Å². The van der Waals surface area contributed by atoms with Crippen LogP contribution in [0.5, 0.6) is 0 Å². The molecule has 0 aromatic heterocycles. The highest BCUT2D eigenvalue weighted by Crippen LogP contribution is 2.31. The van der Waals surface area contributed by atoms with Crippen molar-refractivity contribution >= 4 is 5.91 Å². The van der Waals surface area contributed by atoms with Crippen LogP contribution in [0.3, 0.4) is 0 Å². The monoisotopic (exact) mass is 261 g/mol. The topological polar surface area (TPSA) is 35.6 Å². The zero-order valence-corrected chi connectivity index (χ0v) is 11.0. The average molecular weight is 261 g/mol. The molecule has 0 aliphatic carbocycles. The summed E-state index contributed by atoms with van der Waals surface area (Å²) >= 11 is 0. The van der Waals surface area contributed by atoms with E-state index in [0.717, 1.165) is 25.9 Å². The van der Waals surface area contributed by atoms with E-state index in [1.807, 2.05) is 4.90 Å². The van der Waals surface area contributed by atoms with Gasteiger partial charge in [0.25, 0.3) is 5.92 Å². The minimum Gasteiger partial charge on any atom is -0.346 e. The van der Waals surface area contributed by atoms with E-state index in [9.17, 15) is 13.6 Å². The fourth-order valence-corrected chi connectivity index (χ4v) is 2.85. The van der Waals surface area contributed by atoms with Gasteiger partial charge in [-0.25, -0.2) is 8.78 Å². The van der Waals surface area contributed by atoms with E-state index < -0.39 is 12.0 Å². The molecular formula is C12H21F2N3O. The third kappa shape index (κ3) is 2.98. The molecular weight excluding hydrogens is 240 g/mol. The summed E-state index contributed by atoms with van der Waals surface area (Å²) in [5.74, 6) is -3.19. The summed E-state index contributed by atoms with van der Waals surface area (Å²) in [6.45, 7) is 3.23. The molecule has 0 aromatic rings. The van der Waals surface area contributed by atoms with Crippen LogP contribution in [0.15, 0.2) is 0 Å². The van der Waals surface area contributed by atoms with Crippen LogP contribution in [-0.2, 0) is 4.79 Å². The Balaban J connectivity index is 1.94. The SMILES string of the molecule is CC(=O)NC1CN(C2CCN(C)CC2)CC1(F)F. The molecule has 0 saturated carbocycles. The highest BCUT2D eigenvalue weighted by Gasteiger charge is 2.50. The molecule has 6 heteroatoms. The number of amides is 1. The fraction of sp³-hybridized carbons (Fsp3) is 0.917. The first-order chi connectivity index (χ1) is 8.38. The van der Waals surface area contributed by atoms with Crippen LogP contribution in [0.2, 0.25) is 0 Å². The molecule has 2 heterocycles. The van der Waals surface area contributed by atoms with Gasteiger partial charge in [0.1, 0.15) is 6.04 Å². The number of likely N-dealkylation sites (tertiary alicyclic amines) is 2. The zero-order valence-electron chi connectivity index (χ0n) is 11.0. The number of hydrogen-bond donors (Lipinski definition) is 1. The van der Waals surface area contributed by atoms with E-state index in [1.54, 1.807) is 0 Å². The maximum absolute atomic E-state index is 13.8. The van der Waals surface area contributed by atoms with E-state index in [-0.39, 0.29) is 25.0 Å². The number of carbonyl (C=O) groups is 1. The third-order valence-corrected chi connectivity index (χ3v) is 3.92. The Bertz CT molecular complexity index is 316. The lowest BCUT2D eigenvalue weighted by molar-refractivity contribution is -0.122. The molecule has 2 rings (SSSR count). The highest BCUT2D eigenvalue weighted by molar-refractivity contribution is 5.73. The second-order valence-electron chi connectivity index (χ2n) is 5.48. The number of piperidine rings is 1. The first kappa shape index (κ1) is 13.7. The predicted molar refractivity (Wildman–Crippen MR) is 64.6 cm³/mol. The van der Waals surface area contributed by atoms with Crippen molar-refractivity contribution in [2.45, 2.75) is 37.8 Å². The van der Waals surface area contributed by atoms with Crippen LogP contribution in [0.25, 0.3) is 0 Å². The molecule has 1 unspecified atom stereocenters. The molecule has 0 spiro atoms. The van der Waals surface area contributed by atoms with Crippen molar-refractivity contribution in [3.8, 4) is 0 Å². The smallest absolute Gasteiger partial charge is 0.281 e. The molecule has 2 aliphatic heterocycles. The van der Waals surface area contributed by atoms with E-state index >= 15 is 0 Å². The highest BCUT2D eigenvalue weighted by atomic mass is 19.3. The molecule has 4 nitrogen and oxygen atoms in total. The third-order valence-electron chi connectivity index (χ3n) is 3.92. The number of nitrogens with one attached hydrogen (secondary N) is 1. The second-order valence-corrected chi connectivity index (χ2v) is 5.48. The summed E-state index contributed by atoms with van der Waals surface area (Å²) < 4.78 is 27.6. The zero-order chi connectivity index (χ0) is 13.3. The summed E-state index contributed by atoms with van der Waals surface area (Å²) in [7, 11) is 2.05. The van der Waals surface area contributed by atoms with Crippen molar-refractivity contribution in [1.82, 2.24) is 15.1 Å². The maximum atomic E-state index is 13.8. The number of carbonyl (C=O) groups excluding carboxylic acids is 1. The van der Waals surface area contributed by atoms with Crippen molar-refractivity contribution < 1.29 is 13.6 Å². The Morgan fingerprint density at radius 2 is 1.94 bits per heavy atom. The quantitative estimate of drug-likeness (QED) is 0.788. The first-order valence-electron chi connectivity index (χ1n) is 6.46. The van der Waals surface area contributed by atoms with Gasteiger partial charge in [-0.1, -0.05) is 0 Å². The second kappa shape index (κ2) is 5.09. The van der Waals surface area contributed by atoms with Gasteiger partial charge in [0.2, 0.25) is 5.91 Å². The van der Waals surface area contributed by atoms with Gasteiger partial charge in [0, 0.05) is 19.5 Å². The molecule has 0 aromatic carbocycles. The van der Waals surface area contributed by atoms with Crippen molar-refractivity contribution in [3.05, 3.63) is 0 Å². The average Bonchev–Trinajstić information content (AvgIpc) is 2.54. The molecule has 1 N–H and O–H groups in total. The van der Waals surface area contributed by atoms with Gasteiger partial charge in [-0.15, -0.1) is 0 Å². The minimum atomic E-state index is -2.81. The molecule has 2 saturated heterocycles. The normalized spacial score (nSPS) is 30.6. The van der Waals surface area contributed by atoms with Crippen molar-refractivity contribution in [2.24, 2.45) is 0 Å². The van der Waals surface area contributed by atoms with Crippen molar-refractivity contribution in [2.75, 3.05) is 33.2 Å². The number of rotatable bonds is 2. The number of halogens is 2. The first-order valence-corrected chi connectivity index (χ1v) is 6.46.